The van der Waals surface area contributed by atoms with Crippen molar-refractivity contribution in [2.45, 2.75) is 15.4 Å². The molecule has 1 N–H and O–H groups in total. The molecule has 0 fully saturated rings. The van der Waals surface area contributed by atoms with Gasteiger partial charge in [-0.25, -0.2) is 0 Å². The maximum Gasteiger partial charge on any atom is 0.143 e. The number of hydrogen-bond acceptors (Lipinski definition) is 6. The van der Waals surface area contributed by atoms with Crippen LogP contribution in [0.5, 0.6) is 0 Å². The summed E-state index contributed by atoms with van der Waals surface area (Å²) in [4.78, 5) is 6.40. The van der Waals surface area contributed by atoms with E-state index in [1.54, 1.807) is 11.8 Å². The first-order valence-electron chi connectivity index (χ1n) is 28.8. The normalized spacial score (nSPS) is 13.7. The van der Waals surface area contributed by atoms with Gasteiger partial charge in [0.25, 0.3) is 0 Å². The zero-order valence-corrected chi connectivity index (χ0v) is 48.7. The van der Waals surface area contributed by atoms with Crippen molar-refractivity contribution in [3.8, 4) is 44.5 Å². The molecule has 13 aromatic carbocycles. The van der Waals surface area contributed by atoms with Crippen LogP contribution in [0.2, 0.25) is 5.02 Å². The Morgan fingerprint density at radius 3 is 1.67 bits per heavy atom. The summed E-state index contributed by atoms with van der Waals surface area (Å²) < 4.78 is 9.18. The summed E-state index contributed by atoms with van der Waals surface area (Å²) in [6.07, 6.45) is 0. The number of halogens is 1. The second kappa shape index (κ2) is 21.3. The maximum absolute atomic E-state index is 14.2. The molecule has 16 rings (SSSR count). The van der Waals surface area contributed by atoms with E-state index in [1.165, 1.54) is 25.7 Å². The number of furan rings is 1. The Hall–Kier alpha value is -9.92. The van der Waals surface area contributed by atoms with Crippen LogP contribution >= 0.6 is 34.7 Å². The molecule has 3 heterocycles. The van der Waals surface area contributed by atoms with Crippen LogP contribution in [-0.4, -0.2) is 5.11 Å². The summed E-state index contributed by atoms with van der Waals surface area (Å²) >= 11 is 10.7. The summed E-state index contributed by atoms with van der Waals surface area (Å²) in [7, 11) is 0. The standard InChI is InChI=1S/C79H51ClN2O2S2/c80-69-34-20-33-68-78(69)86-74-50-59(81(56-27-12-4-13-28-56)60-48-64(53-23-8-2-9-24-53)77-65(49-60)61-31-16-18-35-71(61)84-77)42-44-67(74)79(68,83)66-43-39-55(47-63(66)52-21-6-1-7-22-52)51-37-40-58(41-38-51)82(57-29-14-5-15-30-57)70-45-46-73-76(62-32-17-19-36-72(62)85-73)75(70)54-25-10-3-11-26-54/h1-50,83H. The van der Waals surface area contributed by atoms with Gasteiger partial charge in [0.15, 0.2) is 0 Å². The Kier molecular flexibility index (Phi) is 12.8. The van der Waals surface area contributed by atoms with Crippen LogP contribution in [0.25, 0.3) is 86.6 Å². The van der Waals surface area contributed by atoms with Gasteiger partial charge in [-0.3, -0.25) is 0 Å². The van der Waals surface area contributed by atoms with E-state index >= 15 is 0 Å². The molecule has 1 aliphatic rings. The van der Waals surface area contributed by atoms with E-state index in [2.05, 4.69) is 265 Å². The van der Waals surface area contributed by atoms with Crippen LogP contribution < -0.4 is 9.80 Å². The van der Waals surface area contributed by atoms with Gasteiger partial charge in [-0.1, -0.05) is 230 Å². The average molecular weight is 1160 g/mol. The number of benzene rings is 13. The molecule has 15 aromatic rings. The monoisotopic (exact) mass is 1160 g/mol. The van der Waals surface area contributed by atoms with E-state index < -0.39 is 5.60 Å². The first-order valence-corrected chi connectivity index (χ1v) is 30.8. The summed E-state index contributed by atoms with van der Waals surface area (Å²) in [5, 5.41) is 19.4. The highest BCUT2D eigenvalue weighted by atomic mass is 35.5. The highest BCUT2D eigenvalue weighted by molar-refractivity contribution is 7.99. The first kappa shape index (κ1) is 51.7. The van der Waals surface area contributed by atoms with Crippen LogP contribution in [0.3, 0.4) is 0 Å². The van der Waals surface area contributed by atoms with Crippen molar-refractivity contribution in [3.05, 3.63) is 325 Å². The maximum atomic E-state index is 14.2. The molecule has 0 aliphatic carbocycles. The highest BCUT2D eigenvalue weighted by Gasteiger charge is 2.44. The molecule has 1 atom stereocenters. The third-order valence-corrected chi connectivity index (χ3v) is 19.6. The fraction of sp³-hybridized carbons (Fsp3) is 0.0127. The van der Waals surface area contributed by atoms with E-state index in [9.17, 15) is 5.11 Å². The zero-order chi connectivity index (χ0) is 57.3. The topological polar surface area (TPSA) is 39.9 Å². The van der Waals surface area contributed by atoms with Crippen LogP contribution in [-0.2, 0) is 5.60 Å². The molecular weight excluding hydrogens is 1110 g/mol. The number of aliphatic hydroxyl groups is 1. The number of rotatable bonds is 11. The molecular formula is C79H51ClN2O2S2. The predicted octanol–water partition coefficient (Wildman–Crippen LogP) is 23.0. The average Bonchev–Trinajstić information content (AvgIpc) is 0.995. The van der Waals surface area contributed by atoms with Crippen LogP contribution in [0, 0.1) is 0 Å². The summed E-state index contributed by atoms with van der Waals surface area (Å²) in [6.45, 7) is 0. The van der Waals surface area contributed by atoms with E-state index in [4.69, 9.17) is 16.0 Å². The zero-order valence-electron chi connectivity index (χ0n) is 46.3. The molecule has 7 heteroatoms. The van der Waals surface area contributed by atoms with Crippen molar-refractivity contribution in [1.29, 1.82) is 0 Å². The minimum Gasteiger partial charge on any atom is -0.455 e. The fourth-order valence-electron chi connectivity index (χ4n) is 12.9. The molecule has 0 saturated carbocycles. The second-order valence-corrected chi connectivity index (χ2v) is 24.3. The number of thiophene rings is 1. The molecule has 86 heavy (non-hydrogen) atoms. The Morgan fingerprint density at radius 1 is 0.372 bits per heavy atom. The van der Waals surface area contributed by atoms with E-state index in [-0.39, 0.29) is 0 Å². The molecule has 1 aliphatic heterocycles. The minimum absolute atomic E-state index is 0.577. The Bertz CT molecular complexity index is 5050. The summed E-state index contributed by atoms with van der Waals surface area (Å²) in [5.74, 6) is 0. The fourth-order valence-corrected chi connectivity index (χ4v) is 15.5. The van der Waals surface area contributed by atoms with Gasteiger partial charge < -0.3 is 19.3 Å². The quantitative estimate of drug-likeness (QED) is 0.140. The lowest BCUT2D eigenvalue weighted by Crippen LogP contribution is -2.33. The van der Waals surface area contributed by atoms with Gasteiger partial charge >= 0.3 is 0 Å². The predicted molar refractivity (Wildman–Crippen MR) is 362 cm³/mol. The first-order chi connectivity index (χ1) is 42.4. The van der Waals surface area contributed by atoms with Crippen molar-refractivity contribution in [1.82, 2.24) is 0 Å². The molecule has 0 bridgehead atoms. The smallest absolute Gasteiger partial charge is 0.143 e. The van der Waals surface area contributed by atoms with Crippen molar-refractivity contribution in [3.63, 3.8) is 0 Å². The SMILES string of the molecule is OC1(c2ccc(-c3ccc(N(c4ccccc4)c4ccc5sc6ccccc6c5c4-c4ccccc4)cc3)cc2-c2ccccc2)c2ccc(N(c3ccccc3)c3cc(-c4ccccc4)c4oc5ccccc5c4c3)cc2Sc2c(Cl)cccc21. The lowest BCUT2D eigenvalue weighted by atomic mass is 9.76. The van der Waals surface area contributed by atoms with Gasteiger partial charge in [-0.15, -0.1) is 11.3 Å². The van der Waals surface area contributed by atoms with Crippen molar-refractivity contribution in [2.75, 3.05) is 9.80 Å². The third-order valence-electron chi connectivity index (χ3n) is 16.8. The molecule has 0 saturated heterocycles. The Labute approximate surface area is 511 Å². The van der Waals surface area contributed by atoms with E-state index in [0.29, 0.717) is 5.02 Å². The molecule has 0 amide bonds. The molecule has 0 spiro atoms. The molecule has 0 radical (unpaired) electrons. The van der Waals surface area contributed by atoms with Gasteiger partial charge in [-0.2, -0.15) is 0 Å². The lowest BCUT2D eigenvalue weighted by molar-refractivity contribution is 0.119. The summed E-state index contributed by atoms with van der Waals surface area (Å²) in [6, 6.07) is 107. The van der Waals surface area contributed by atoms with Crippen LogP contribution in [0.4, 0.5) is 34.1 Å². The number of hydrogen-bond donors (Lipinski definition) is 1. The van der Waals surface area contributed by atoms with Gasteiger partial charge in [-0.05, 0) is 130 Å². The minimum atomic E-state index is -1.62. The number of para-hydroxylation sites is 3. The van der Waals surface area contributed by atoms with Crippen molar-refractivity contribution in [2.24, 2.45) is 0 Å². The number of nitrogens with zero attached hydrogens (tertiary/aromatic N) is 2. The van der Waals surface area contributed by atoms with Gasteiger partial charge in [0.1, 0.15) is 16.8 Å². The van der Waals surface area contributed by atoms with Crippen molar-refractivity contribution >= 4 is 111 Å². The molecule has 408 valence electrons. The highest BCUT2D eigenvalue weighted by Crippen LogP contribution is 2.57. The molecule has 1 unspecified atom stereocenters. The van der Waals surface area contributed by atoms with E-state index in [0.717, 1.165) is 121 Å². The van der Waals surface area contributed by atoms with Gasteiger partial charge in [0.05, 0.1) is 10.7 Å². The van der Waals surface area contributed by atoms with Gasteiger partial charge in [0, 0.05) is 97.0 Å². The summed E-state index contributed by atoms with van der Waals surface area (Å²) in [5.41, 5.74) is 16.8. The van der Waals surface area contributed by atoms with Crippen LogP contribution in [0.1, 0.15) is 16.7 Å². The molecule has 4 nitrogen and oxygen atoms in total. The van der Waals surface area contributed by atoms with Crippen LogP contribution in [0.15, 0.2) is 318 Å². The lowest BCUT2D eigenvalue weighted by Gasteiger charge is -2.39. The molecule has 2 aromatic heterocycles. The third kappa shape index (κ3) is 8.71. The number of fused-ring (bicyclic) bond motifs is 8. The van der Waals surface area contributed by atoms with Gasteiger partial charge in [0.2, 0.25) is 0 Å². The van der Waals surface area contributed by atoms with Crippen molar-refractivity contribution < 1.29 is 9.52 Å². The largest absolute Gasteiger partial charge is 0.455 e. The Morgan fingerprint density at radius 2 is 0.953 bits per heavy atom. The van der Waals surface area contributed by atoms with E-state index in [1.807, 2.05) is 59.9 Å². The Balaban J connectivity index is 0.836. The second-order valence-electron chi connectivity index (χ2n) is 21.8. The number of anilines is 6.